The van der Waals surface area contributed by atoms with Gasteiger partial charge in [-0.05, 0) is 13.3 Å². The van der Waals surface area contributed by atoms with Crippen LogP contribution in [0.2, 0.25) is 0 Å². The van der Waals surface area contributed by atoms with E-state index in [1.54, 1.807) is 6.92 Å². The molecule has 0 spiro atoms. The molecule has 0 radical (unpaired) electrons. The number of carbonyl (C=O) groups is 3. The highest BCUT2D eigenvalue weighted by molar-refractivity contribution is 6.34. The summed E-state index contributed by atoms with van der Waals surface area (Å²) in [6.07, 6.45) is 1.58. The Labute approximate surface area is 152 Å². The molecule has 0 aromatic carbocycles. The first kappa shape index (κ1) is 21.3. The fourth-order valence-corrected chi connectivity index (χ4v) is 2.28. The van der Waals surface area contributed by atoms with Gasteiger partial charge in [-0.15, -0.1) is 0 Å². The molecule has 1 heterocycles. The first-order valence-electron chi connectivity index (χ1n) is 8.34. The first-order chi connectivity index (χ1) is 12.1. The third-order valence-electron chi connectivity index (χ3n) is 4.03. The molecule has 1 atom stereocenters. The van der Waals surface area contributed by atoms with E-state index in [0.717, 1.165) is 18.9 Å². The molecule has 2 amide bonds. The Morgan fingerprint density at radius 1 is 1.23 bits per heavy atom. The van der Waals surface area contributed by atoms with Gasteiger partial charge in [-0.2, -0.15) is 0 Å². The number of likely N-dealkylation sites (N-methyl/N-ethyl adjacent to an activating group) is 2. The topological polar surface area (TPSA) is 102 Å². The number of nitrogens with zero attached hydrogens (tertiary/aromatic N) is 4. The molecule has 0 saturated carbocycles. The van der Waals surface area contributed by atoms with Crippen molar-refractivity contribution in [1.82, 2.24) is 19.4 Å². The molecule has 1 aromatic rings. The van der Waals surface area contributed by atoms with Crippen molar-refractivity contribution < 1.29 is 19.1 Å². The molecule has 1 aromatic heterocycles. The summed E-state index contributed by atoms with van der Waals surface area (Å²) in [5, 5.41) is 0. The minimum absolute atomic E-state index is 0.133. The SMILES string of the molecule is CCCCn1c(C(C)N(C)C(=O)C(=O)N(C)C)nc(C(=O)OC)cc1=O. The molecule has 1 rings (SSSR count). The maximum Gasteiger partial charge on any atom is 0.356 e. The van der Waals surface area contributed by atoms with Crippen LogP contribution in [0.1, 0.15) is 49.0 Å². The molecule has 0 aliphatic heterocycles. The molecule has 0 N–H and O–H groups in total. The zero-order valence-corrected chi connectivity index (χ0v) is 16.1. The molecule has 9 nitrogen and oxygen atoms in total. The minimum Gasteiger partial charge on any atom is -0.464 e. The highest BCUT2D eigenvalue weighted by Crippen LogP contribution is 2.17. The molecule has 26 heavy (non-hydrogen) atoms. The maximum absolute atomic E-state index is 12.5. The maximum atomic E-state index is 12.5. The summed E-state index contributed by atoms with van der Waals surface area (Å²) in [6, 6.07) is 0.422. The second-order valence-electron chi connectivity index (χ2n) is 6.13. The molecule has 1 unspecified atom stereocenters. The van der Waals surface area contributed by atoms with Crippen LogP contribution in [0.4, 0.5) is 0 Å². The third-order valence-corrected chi connectivity index (χ3v) is 4.03. The molecular formula is C17H26N4O5. The normalized spacial score (nSPS) is 11.6. The predicted molar refractivity (Wildman–Crippen MR) is 94.6 cm³/mol. The number of ether oxygens (including phenoxy) is 1. The second-order valence-corrected chi connectivity index (χ2v) is 6.13. The van der Waals surface area contributed by atoms with E-state index in [9.17, 15) is 19.2 Å². The number of rotatable bonds is 6. The fraction of sp³-hybridized carbons (Fsp3) is 0.588. The van der Waals surface area contributed by atoms with Gasteiger partial charge in [0.15, 0.2) is 5.69 Å². The second kappa shape index (κ2) is 9.12. The Morgan fingerprint density at radius 3 is 2.35 bits per heavy atom. The summed E-state index contributed by atoms with van der Waals surface area (Å²) >= 11 is 0. The van der Waals surface area contributed by atoms with Crippen molar-refractivity contribution in [2.45, 2.75) is 39.3 Å². The van der Waals surface area contributed by atoms with Crippen LogP contribution in [-0.2, 0) is 20.9 Å². The van der Waals surface area contributed by atoms with Gasteiger partial charge in [0.1, 0.15) is 5.82 Å². The van der Waals surface area contributed by atoms with Gasteiger partial charge in [0, 0.05) is 33.8 Å². The largest absolute Gasteiger partial charge is 0.464 e. The van der Waals surface area contributed by atoms with Crippen LogP contribution in [0.3, 0.4) is 0 Å². The van der Waals surface area contributed by atoms with E-state index in [1.165, 1.54) is 42.6 Å². The number of carbonyl (C=O) groups excluding carboxylic acids is 3. The average Bonchev–Trinajstić information content (AvgIpc) is 2.63. The lowest BCUT2D eigenvalue weighted by Gasteiger charge is -2.27. The van der Waals surface area contributed by atoms with Crippen molar-refractivity contribution in [3.63, 3.8) is 0 Å². The third kappa shape index (κ3) is 4.68. The first-order valence-corrected chi connectivity index (χ1v) is 8.34. The van der Waals surface area contributed by atoms with Gasteiger partial charge in [-0.1, -0.05) is 13.3 Å². The van der Waals surface area contributed by atoms with Gasteiger partial charge in [-0.3, -0.25) is 19.0 Å². The van der Waals surface area contributed by atoms with Crippen molar-refractivity contribution in [3.8, 4) is 0 Å². The lowest BCUT2D eigenvalue weighted by Crippen LogP contribution is -2.43. The minimum atomic E-state index is -0.739. The number of unbranched alkanes of at least 4 members (excludes halogenated alkanes) is 1. The standard InChI is InChI=1S/C17H26N4O5/c1-7-8-9-21-13(22)10-12(17(25)26-6)18-14(21)11(2)20(5)16(24)15(23)19(3)4/h10-11H,7-9H2,1-6H3. The summed E-state index contributed by atoms with van der Waals surface area (Å²) in [6.45, 7) is 4.02. The molecule has 0 bridgehead atoms. The summed E-state index contributed by atoms with van der Waals surface area (Å²) in [7, 11) is 5.61. The van der Waals surface area contributed by atoms with Crippen LogP contribution in [0.15, 0.2) is 10.9 Å². The van der Waals surface area contributed by atoms with E-state index in [-0.39, 0.29) is 11.5 Å². The number of amides is 2. The zero-order chi connectivity index (χ0) is 20.0. The lowest BCUT2D eigenvalue weighted by molar-refractivity contribution is -0.150. The molecule has 0 saturated heterocycles. The highest BCUT2D eigenvalue weighted by Gasteiger charge is 2.28. The van der Waals surface area contributed by atoms with Gasteiger partial charge in [-0.25, -0.2) is 9.78 Å². The number of aromatic nitrogens is 2. The van der Waals surface area contributed by atoms with Crippen molar-refractivity contribution in [3.05, 3.63) is 27.9 Å². The Hall–Kier alpha value is -2.71. The monoisotopic (exact) mass is 366 g/mol. The van der Waals surface area contributed by atoms with E-state index in [4.69, 9.17) is 0 Å². The fourth-order valence-electron chi connectivity index (χ4n) is 2.28. The van der Waals surface area contributed by atoms with E-state index >= 15 is 0 Å². The Kier molecular flexibility index (Phi) is 7.48. The predicted octanol–water partition coefficient (Wildman–Crippen LogP) is 0.438. The summed E-state index contributed by atoms with van der Waals surface area (Å²) in [5.41, 5.74) is -0.539. The van der Waals surface area contributed by atoms with Gasteiger partial charge >= 0.3 is 17.8 Å². The summed E-state index contributed by atoms with van der Waals surface area (Å²) in [5.74, 6) is -1.93. The van der Waals surface area contributed by atoms with Crippen molar-refractivity contribution in [2.24, 2.45) is 0 Å². The number of methoxy groups -OCH3 is 1. The number of hydrogen-bond acceptors (Lipinski definition) is 6. The van der Waals surface area contributed by atoms with E-state index in [2.05, 4.69) is 9.72 Å². The number of hydrogen-bond donors (Lipinski definition) is 0. The van der Waals surface area contributed by atoms with Gasteiger partial charge in [0.2, 0.25) is 0 Å². The molecule has 0 fully saturated rings. The van der Waals surface area contributed by atoms with Crippen molar-refractivity contribution in [2.75, 3.05) is 28.3 Å². The van der Waals surface area contributed by atoms with Crippen LogP contribution in [-0.4, -0.2) is 65.4 Å². The van der Waals surface area contributed by atoms with E-state index < -0.39 is 29.4 Å². The highest BCUT2D eigenvalue weighted by atomic mass is 16.5. The molecule has 0 aliphatic carbocycles. The Balaban J connectivity index is 3.39. The average molecular weight is 366 g/mol. The summed E-state index contributed by atoms with van der Waals surface area (Å²) in [4.78, 5) is 55.1. The molecule has 0 aliphatic rings. The van der Waals surface area contributed by atoms with Crippen LogP contribution < -0.4 is 5.56 Å². The van der Waals surface area contributed by atoms with Gasteiger partial charge < -0.3 is 14.5 Å². The van der Waals surface area contributed by atoms with Crippen molar-refractivity contribution >= 4 is 17.8 Å². The van der Waals surface area contributed by atoms with E-state index in [0.29, 0.717) is 6.54 Å². The van der Waals surface area contributed by atoms with Crippen molar-refractivity contribution in [1.29, 1.82) is 0 Å². The van der Waals surface area contributed by atoms with E-state index in [1.807, 2.05) is 6.92 Å². The zero-order valence-electron chi connectivity index (χ0n) is 16.1. The molecular weight excluding hydrogens is 340 g/mol. The molecule has 144 valence electrons. The summed E-state index contributed by atoms with van der Waals surface area (Å²) < 4.78 is 6.05. The number of esters is 1. The lowest BCUT2D eigenvalue weighted by atomic mass is 10.2. The Bertz CT molecular complexity index is 741. The quantitative estimate of drug-likeness (QED) is 0.535. The van der Waals surface area contributed by atoms with Crippen LogP contribution >= 0.6 is 0 Å². The molecule has 9 heteroatoms. The van der Waals surface area contributed by atoms with Crippen LogP contribution in [0, 0.1) is 0 Å². The Morgan fingerprint density at radius 2 is 1.85 bits per heavy atom. The van der Waals surface area contributed by atoms with Gasteiger partial charge in [0.05, 0.1) is 13.2 Å². The van der Waals surface area contributed by atoms with Crippen LogP contribution in [0.5, 0.6) is 0 Å². The smallest absolute Gasteiger partial charge is 0.356 e. The van der Waals surface area contributed by atoms with Gasteiger partial charge in [0.25, 0.3) is 5.56 Å². The van der Waals surface area contributed by atoms with Crippen LogP contribution in [0.25, 0.3) is 0 Å².